The van der Waals surface area contributed by atoms with Gasteiger partial charge in [0.15, 0.2) is 11.5 Å². The summed E-state index contributed by atoms with van der Waals surface area (Å²) in [4.78, 5) is 17.8. The topological polar surface area (TPSA) is 75.8 Å². The number of H-pyrrole nitrogens is 1. The molecule has 0 aliphatic carbocycles. The predicted molar refractivity (Wildman–Crippen MR) is 95.6 cm³/mol. The molecule has 0 atom stereocenters. The second-order valence-corrected chi connectivity index (χ2v) is 6.04. The molecule has 3 rings (SSSR count). The summed E-state index contributed by atoms with van der Waals surface area (Å²) in [7, 11) is 3.19. The molecule has 2 N–H and O–H groups in total. The Morgan fingerprint density at radius 3 is 2.64 bits per heavy atom. The third kappa shape index (κ3) is 4.24. The summed E-state index contributed by atoms with van der Waals surface area (Å²) >= 11 is 0. The van der Waals surface area contributed by atoms with E-state index in [1.54, 1.807) is 14.2 Å². The summed E-state index contributed by atoms with van der Waals surface area (Å²) in [6.45, 7) is 5.17. The van der Waals surface area contributed by atoms with Crippen molar-refractivity contribution in [3.05, 3.63) is 23.9 Å². The Morgan fingerprint density at radius 1 is 1.20 bits per heavy atom. The summed E-state index contributed by atoms with van der Waals surface area (Å²) in [6, 6.07) is 5.53. The molecule has 1 aliphatic heterocycles. The fraction of sp³-hybridized carbons (Fsp3) is 0.500. The number of morpholine rings is 1. The Kier molecular flexibility index (Phi) is 5.78. The SMILES string of the molecule is COc1cc2cc(C(=O)NCCCN3CCOCC3)[nH]c2cc1OC. The van der Waals surface area contributed by atoms with Gasteiger partial charge in [0, 0.05) is 36.6 Å². The van der Waals surface area contributed by atoms with Gasteiger partial charge in [0.25, 0.3) is 5.91 Å². The molecule has 1 aromatic carbocycles. The van der Waals surface area contributed by atoms with E-state index in [0.717, 1.165) is 50.2 Å². The first-order chi connectivity index (χ1) is 12.2. The standard InChI is InChI=1S/C18H25N3O4/c1-23-16-11-13-10-15(20-14(13)12-17(16)24-2)18(22)19-4-3-5-21-6-8-25-9-7-21/h10-12,20H,3-9H2,1-2H3,(H,19,22). The van der Waals surface area contributed by atoms with E-state index in [1.165, 1.54) is 0 Å². The van der Waals surface area contributed by atoms with Crippen molar-refractivity contribution >= 4 is 16.8 Å². The van der Waals surface area contributed by atoms with E-state index in [-0.39, 0.29) is 5.91 Å². The minimum atomic E-state index is -0.101. The molecular formula is C18H25N3O4. The molecule has 0 radical (unpaired) electrons. The molecule has 0 saturated carbocycles. The van der Waals surface area contributed by atoms with Gasteiger partial charge in [0.05, 0.1) is 27.4 Å². The number of hydrogen-bond donors (Lipinski definition) is 2. The smallest absolute Gasteiger partial charge is 0.267 e. The molecular weight excluding hydrogens is 322 g/mol. The molecule has 1 amide bonds. The number of benzene rings is 1. The summed E-state index contributed by atoms with van der Waals surface area (Å²) < 4.78 is 15.9. The number of hydrogen-bond acceptors (Lipinski definition) is 5. The Hall–Kier alpha value is -2.25. The van der Waals surface area contributed by atoms with Gasteiger partial charge in [-0.2, -0.15) is 0 Å². The van der Waals surface area contributed by atoms with Gasteiger partial charge in [-0.1, -0.05) is 0 Å². The van der Waals surface area contributed by atoms with E-state index >= 15 is 0 Å². The van der Waals surface area contributed by atoms with Crippen LogP contribution in [0.25, 0.3) is 10.9 Å². The van der Waals surface area contributed by atoms with Crippen molar-refractivity contribution in [1.29, 1.82) is 0 Å². The number of nitrogens with zero attached hydrogens (tertiary/aromatic N) is 1. The lowest BCUT2D eigenvalue weighted by atomic mass is 10.2. The third-order valence-corrected chi connectivity index (χ3v) is 4.41. The fourth-order valence-corrected chi connectivity index (χ4v) is 3.01. The number of aromatic amines is 1. The summed E-state index contributed by atoms with van der Waals surface area (Å²) in [6.07, 6.45) is 0.924. The highest BCUT2D eigenvalue weighted by molar-refractivity contribution is 5.98. The van der Waals surface area contributed by atoms with Crippen LogP contribution in [0, 0.1) is 0 Å². The zero-order valence-electron chi connectivity index (χ0n) is 14.8. The molecule has 2 heterocycles. The second kappa shape index (κ2) is 8.22. The predicted octanol–water partition coefficient (Wildman–Crippen LogP) is 1.64. The first-order valence-corrected chi connectivity index (χ1v) is 8.54. The van der Waals surface area contributed by atoms with Crippen LogP contribution in [0.4, 0.5) is 0 Å². The molecule has 2 aromatic rings. The molecule has 1 aliphatic rings. The Labute approximate surface area is 147 Å². The van der Waals surface area contributed by atoms with E-state index < -0.39 is 0 Å². The van der Waals surface area contributed by atoms with Gasteiger partial charge in [-0.25, -0.2) is 0 Å². The number of carbonyl (C=O) groups is 1. The van der Waals surface area contributed by atoms with Crippen LogP contribution in [0.1, 0.15) is 16.9 Å². The molecule has 7 heteroatoms. The number of carbonyl (C=O) groups excluding carboxylic acids is 1. The summed E-state index contributed by atoms with van der Waals surface area (Å²) in [5.41, 5.74) is 1.38. The van der Waals surface area contributed by atoms with Crippen molar-refractivity contribution in [1.82, 2.24) is 15.2 Å². The Morgan fingerprint density at radius 2 is 1.92 bits per heavy atom. The monoisotopic (exact) mass is 347 g/mol. The molecule has 25 heavy (non-hydrogen) atoms. The van der Waals surface area contributed by atoms with E-state index in [2.05, 4.69) is 15.2 Å². The lowest BCUT2D eigenvalue weighted by Gasteiger charge is -2.26. The van der Waals surface area contributed by atoms with Crippen LogP contribution in [0.15, 0.2) is 18.2 Å². The molecule has 136 valence electrons. The number of rotatable bonds is 7. The van der Waals surface area contributed by atoms with Crippen LogP contribution in [0.3, 0.4) is 0 Å². The van der Waals surface area contributed by atoms with E-state index in [0.29, 0.717) is 23.7 Å². The molecule has 1 saturated heterocycles. The van der Waals surface area contributed by atoms with Crippen LogP contribution in [0.2, 0.25) is 0 Å². The first-order valence-electron chi connectivity index (χ1n) is 8.54. The Bertz CT molecular complexity index is 681. The second-order valence-electron chi connectivity index (χ2n) is 6.04. The molecule has 1 aromatic heterocycles. The van der Waals surface area contributed by atoms with Crippen molar-refractivity contribution in [2.45, 2.75) is 6.42 Å². The van der Waals surface area contributed by atoms with Gasteiger partial charge in [0.2, 0.25) is 0 Å². The Balaban J connectivity index is 1.56. The summed E-state index contributed by atoms with van der Waals surface area (Å²) in [5, 5.41) is 3.88. The largest absolute Gasteiger partial charge is 0.493 e. The third-order valence-electron chi connectivity index (χ3n) is 4.41. The van der Waals surface area contributed by atoms with E-state index in [1.807, 2.05) is 18.2 Å². The minimum Gasteiger partial charge on any atom is -0.493 e. The van der Waals surface area contributed by atoms with Gasteiger partial charge in [-0.05, 0) is 25.1 Å². The van der Waals surface area contributed by atoms with Gasteiger partial charge < -0.3 is 24.5 Å². The maximum absolute atomic E-state index is 12.3. The molecule has 7 nitrogen and oxygen atoms in total. The van der Waals surface area contributed by atoms with Gasteiger partial charge in [-0.3, -0.25) is 9.69 Å². The molecule has 0 unspecified atom stereocenters. The van der Waals surface area contributed by atoms with Crippen LogP contribution in [-0.4, -0.2) is 69.4 Å². The van der Waals surface area contributed by atoms with Crippen molar-refractivity contribution in [3.8, 4) is 11.5 Å². The van der Waals surface area contributed by atoms with Crippen LogP contribution in [-0.2, 0) is 4.74 Å². The quantitative estimate of drug-likeness (QED) is 0.745. The van der Waals surface area contributed by atoms with Crippen LogP contribution >= 0.6 is 0 Å². The number of methoxy groups -OCH3 is 2. The average Bonchev–Trinajstić information content (AvgIpc) is 3.07. The van der Waals surface area contributed by atoms with Crippen molar-refractivity contribution in [2.24, 2.45) is 0 Å². The molecule has 0 bridgehead atoms. The van der Waals surface area contributed by atoms with Crippen molar-refractivity contribution in [2.75, 3.05) is 53.6 Å². The van der Waals surface area contributed by atoms with Gasteiger partial charge in [0.1, 0.15) is 5.69 Å². The van der Waals surface area contributed by atoms with Crippen LogP contribution < -0.4 is 14.8 Å². The number of fused-ring (bicyclic) bond motifs is 1. The van der Waals surface area contributed by atoms with Crippen molar-refractivity contribution < 1.29 is 19.0 Å². The average molecular weight is 347 g/mol. The van der Waals surface area contributed by atoms with Crippen molar-refractivity contribution in [3.63, 3.8) is 0 Å². The normalized spacial score (nSPS) is 15.3. The zero-order chi connectivity index (χ0) is 17.6. The number of amides is 1. The maximum Gasteiger partial charge on any atom is 0.267 e. The highest BCUT2D eigenvalue weighted by Crippen LogP contribution is 2.32. The van der Waals surface area contributed by atoms with Gasteiger partial charge in [-0.15, -0.1) is 0 Å². The lowest BCUT2D eigenvalue weighted by molar-refractivity contribution is 0.0374. The van der Waals surface area contributed by atoms with Crippen LogP contribution in [0.5, 0.6) is 11.5 Å². The highest BCUT2D eigenvalue weighted by Gasteiger charge is 2.13. The number of ether oxygens (including phenoxy) is 3. The number of nitrogens with one attached hydrogen (secondary N) is 2. The first kappa shape index (κ1) is 17.6. The van der Waals surface area contributed by atoms with E-state index in [4.69, 9.17) is 14.2 Å². The summed E-state index contributed by atoms with van der Waals surface area (Å²) in [5.74, 6) is 1.18. The molecule has 1 fully saturated rings. The van der Waals surface area contributed by atoms with Gasteiger partial charge >= 0.3 is 0 Å². The lowest BCUT2D eigenvalue weighted by Crippen LogP contribution is -2.38. The fourth-order valence-electron chi connectivity index (χ4n) is 3.01. The molecule has 0 spiro atoms. The minimum absolute atomic E-state index is 0.101. The highest BCUT2D eigenvalue weighted by atomic mass is 16.5. The number of aromatic nitrogens is 1. The maximum atomic E-state index is 12.3. The van der Waals surface area contributed by atoms with E-state index in [9.17, 15) is 4.79 Å². The zero-order valence-corrected chi connectivity index (χ0v) is 14.8.